The monoisotopic (exact) mass is 297 g/mol. The second-order valence-electron chi connectivity index (χ2n) is 5.25. The summed E-state index contributed by atoms with van der Waals surface area (Å²) >= 11 is 3.53. The molecule has 1 aromatic carbocycles. The average molecular weight is 298 g/mol. The normalized spacial score (nSPS) is 21.8. The number of fused-ring (bicyclic) bond motifs is 1. The predicted molar refractivity (Wildman–Crippen MR) is 74.5 cm³/mol. The van der Waals surface area contributed by atoms with Gasteiger partial charge in [-0.25, -0.2) is 0 Å². The Bertz CT molecular complexity index is 403. The minimum atomic E-state index is -0.0910. The fraction of sp³-hybridized carbons (Fsp3) is 0.571. The minimum Gasteiger partial charge on any atom is -0.487 e. The van der Waals surface area contributed by atoms with Crippen LogP contribution in [0.3, 0.4) is 0 Å². The molecule has 17 heavy (non-hydrogen) atoms. The molecule has 0 aromatic heterocycles. The fourth-order valence-corrected chi connectivity index (χ4v) is 2.70. The number of rotatable bonds is 3. The molecule has 1 aliphatic rings. The smallest absolute Gasteiger partial charge is 0.124 e. The Morgan fingerprint density at radius 2 is 2.24 bits per heavy atom. The molecule has 3 heteroatoms. The molecule has 1 atom stereocenters. The second kappa shape index (κ2) is 4.99. The molecule has 0 aliphatic carbocycles. The largest absolute Gasteiger partial charge is 0.487 e. The zero-order valence-corrected chi connectivity index (χ0v) is 12.3. The lowest BCUT2D eigenvalue weighted by Gasteiger charge is -2.38. The van der Waals surface area contributed by atoms with Crippen LogP contribution in [0, 0.1) is 0 Å². The standard InChI is InChI=1S/C14H20BrNO/c1-4-7-16-12-9-14(2,3)17-13-6-5-10(15)8-11(12)13/h5-6,8,12,16H,4,7,9H2,1-3H3. The van der Waals surface area contributed by atoms with Crippen molar-refractivity contribution in [2.24, 2.45) is 0 Å². The highest BCUT2D eigenvalue weighted by Crippen LogP contribution is 2.40. The van der Waals surface area contributed by atoms with Gasteiger partial charge in [0.05, 0.1) is 0 Å². The molecule has 0 saturated heterocycles. The van der Waals surface area contributed by atoms with Gasteiger partial charge < -0.3 is 10.1 Å². The maximum atomic E-state index is 6.02. The SMILES string of the molecule is CCCNC1CC(C)(C)Oc2ccc(Br)cc21. The van der Waals surface area contributed by atoms with Crippen molar-refractivity contribution < 1.29 is 4.74 Å². The van der Waals surface area contributed by atoms with E-state index >= 15 is 0 Å². The second-order valence-corrected chi connectivity index (χ2v) is 6.17. The van der Waals surface area contributed by atoms with E-state index in [2.05, 4.69) is 54.2 Å². The third-order valence-electron chi connectivity index (χ3n) is 3.07. The van der Waals surface area contributed by atoms with E-state index in [9.17, 15) is 0 Å². The van der Waals surface area contributed by atoms with Crippen LogP contribution in [0.25, 0.3) is 0 Å². The Labute approximate surface area is 112 Å². The lowest BCUT2D eigenvalue weighted by molar-refractivity contribution is 0.0661. The zero-order valence-electron chi connectivity index (χ0n) is 10.7. The van der Waals surface area contributed by atoms with Crippen molar-refractivity contribution in [3.05, 3.63) is 28.2 Å². The molecule has 1 unspecified atom stereocenters. The lowest BCUT2D eigenvalue weighted by atomic mass is 9.89. The number of benzene rings is 1. The average Bonchev–Trinajstić information content (AvgIpc) is 2.26. The summed E-state index contributed by atoms with van der Waals surface area (Å²) in [5.74, 6) is 1.01. The molecule has 1 aliphatic heterocycles. The van der Waals surface area contributed by atoms with Crippen LogP contribution in [0.2, 0.25) is 0 Å². The van der Waals surface area contributed by atoms with Crippen LogP contribution >= 0.6 is 15.9 Å². The van der Waals surface area contributed by atoms with Crippen LogP contribution in [0.15, 0.2) is 22.7 Å². The predicted octanol–water partition coefficient (Wildman–Crippen LogP) is 4.05. The summed E-state index contributed by atoms with van der Waals surface area (Å²) in [7, 11) is 0. The summed E-state index contributed by atoms with van der Waals surface area (Å²) in [5, 5.41) is 3.61. The van der Waals surface area contributed by atoms with Gasteiger partial charge in [-0.15, -0.1) is 0 Å². The van der Waals surface area contributed by atoms with Crippen molar-refractivity contribution in [1.29, 1.82) is 0 Å². The van der Waals surface area contributed by atoms with Crippen LogP contribution in [0.5, 0.6) is 5.75 Å². The zero-order chi connectivity index (χ0) is 12.5. The molecule has 0 spiro atoms. The van der Waals surface area contributed by atoms with Crippen LogP contribution < -0.4 is 10.1 Å². The highest BCUT2D eigenvalue weighted by molar-refractivity contribution is 9.10. The Hall–Kier alpha value is -0.540. The van der Waals surface area contributed by atoms with E-state index in [4.69, 9.17) is 4.74 Å². The summed E-state index contributed by atoms with van der Waals surface area (Å²) in [6, 6.07) is 6.65. The molecule has 1 heterocycles. The molecule has 2 nitrogen and oxygen atoms in total. The Balaban J connectivity index is 2.30. The van der Waals surface area contributed by atoms with Gasteiger partial charge in [0.25, 0.3) is 0 Å². The summed E-state index contributed by atoms with van der Waals surface area (Å²) in [4.78, 5) is 0. The van der Waals surface area contributed by atoms with Gasteiger partial charge in [-0.2, -0.15) is 0 Å². The van der Waals surface area contributed by atoms with E-state index in [1.807, 2.05) is 6.07 Å². The highest BCUT2D eigenvalue weighted by atomic mass is 79.9. The number of nitrogens with one attached hydrogen (secondary N) is 1. The molecular weight excluding hydrogens is 278 g/mol. The van der Waals surface area contributed by atoms with Gasteiger partial charge in [-0.05, 0) is 45.0 Å². The highest BCUT2D eigenvalue weighted by Gasteiger charge is 2.33. The van der Waals surface area contributed by atoms with Gasteiger partial charge in [-0.1, -0.05) is 22.9 Å². The van der Waals surface area contributed by atoms with Crippen molar-refractivity contribution >= 4 is 15.9 Å². The van der Waals surface area contributed by atoms with E-state index < -0.39 is 0 Å². The Kier molecular flexibility index (Phi) is 3.79. The van der Waals surface area contributed by atoms with Crippen LogP contribution in [0.1, 0.15) is 45.2 Å². The van der Waals surface area contributed by atoms with Crippen molar-refractivity contribution in [2.45, 2.75) is 45.3 Å². The Morgan fingerprint density at radius 3 is 2.94 bits per heavy atom. The van der Waals surface area contributed by atoms with Crippen molar-refractivity contribution in [3.63, 3.8) is 0 Å². The molecule has 2 rings (SSSR count). The summed E-state index contributed by atoms with van der Waals surface area (Å²) in [5.41, 5.74) is 1.18. The maximum Gasteiger partial charge on any atom is 0.124 e. The number of halogens is 1. The van der Waals surface area contributed by atoms with Gasteiger partial charge in [-0.3, -0.25) is 0 Å². The summed E-state index contributed by atoms with van der Waals surface area (Å²) < 4.78 is 7.14. The molecule has 94 valence electrons. The van der Waals surface area contributed by atoms with Crippen LogP contribution in [0.4, 0.5) is 0 Å². The first-order valence-electron chi connectivity index (χ1n) is 6.24. The van der Waals surface area contributed by atoms with E-state index in [1.165, 1.54) is 5.56 Å². The third-order valence-corrected chi connectivity index (χ3v) is 3.56. The molecule has 0 radical (unpaired) electrons. The molecule has 0 amide bonds. The Morgan fingerprint density at radius 1 is 1.47 bits per heavy atom. The first kappa shape index (κ1) is 12.9. The number of ether oxygens (including phenoxy) is 1. The molecule has 0 fully saturated rings. The van der Waals surface area contributed by atoms with Crippen molar-refractivity contribution in [3.8, 4) is 5.75 Å². The quantitative estimate of drug-likeness (QED) is 0.909. The van der Waals surface area contributed by atoms with Gasteiger partial charge >= 0.3 is 0 Å². The number of hydrogen-bond donors (Lipinski definition) is 1. The van der Waals surface area contributed by atoms with E-state index in [-0.39, 0.29) is 5.60 Å². The van der Waals surface area contributed by atoms with E-state index in [1.54, 1.807) is 0 Å². The van der Waals surface area contributed by atoms with Gasteiger partial charge in [0.2, 0.25) is 0 Å². The first-order valence-corrected chi connectivity index (χ1v) is 7.03. The van der Waals surface area contributed by atoms with Crippen molar-refractivity contribution in [1.82, 2.24) is 5.32 Å². The fourth-order valence-electron chi connectivity index (χ4n) is 2.33. The summed E-state index contributed by atoms with van der Waals surface area (Å²) in [6.45, 7) is 7.54. The van der Waals surface area contributed by atoms with Crippen LogP contribution in [-0.2, 0) is 0 Å². The topological polar surface area (TPSA) is 21.3 Å². The van der Waals surface area contributed by atoms with E-state index in [0.717, 1.165) is 29.6 Å². The summed E-state index contributed by atoms with van der Waals surface area (Å²) in [6.07, 6.45) is 2.16. The number of hydrogen-bond acceptors (Lipinski definition) is 2. The minimum absolute atomic E-state index is 0.0910. The van der Waals surface area contributed by atoms with Gasteiger partial charge in [0.1, 0.15) is 11.4 Å². The van der Waals surface area contributed by atoms with Gasteiger partial charge in [0.15, 0.2) is 0 Å². The lowest BCUT2D eigenvalue weighted by Crippen LogP contribution is -2.39. The van der Waals surface area contributed by atoms with Crippen molar-refractivity contribution in [2.75, 3.05) is 6.54 Å². The maximum absolute atomic E-state index is 6.02. The van der Waals surface area contributed by atoms with E-state index in [0.29, 0.717) is 6.04 Å². The first-order chi connectivity index (χ1) is 8.02. The van der Waals surface area contributed by atoms with Gasteiger partial charge in [0, 0.05) is 22.5 Å². The molecule has 0 bridgehead atoms. The molecule has 1 aromatic rings. The molecular formula is C14H20BrNO. The molecule has 0 saturated carbocycles. The van der Waals surface area contributed by atoms with Crippen LogP contribution in [-0.4, -0.2) is 12.1 Å². The third kappa shape index (κ3) is 3.02. The molecule has 1 N–H and O–H groups in total.